The summed E-state index contributed by atoms with van der Waals surface area (Å²) in [6.45, 7) is 3.10. The highest BCUT2D eigenvalue weighted by Crippen LogP contribution is 2.31. The van der Waals surface area contributed by atoms with E-state index in [0.717, 1.165) is 24.6 Å². The van der Waals surface area contributed by atoms with Gasteiger partial charge in [0.1, 0.15) is 5.82 Å². The molecule has 0 aliphatic heterocycles. The van der Waals surface area contributed by atoms with Crippen LogP contribution >= 0.6 is 11.6 Å². The second kappa shape index (κ2) is 8.55. The maximum atomic E-state index is 13.2. The van der Waals surface area contributed by atoms with E-state index >= 15 is 0 Å². The second-order valence-electron chi connectivity index (χ2n) is 6.13. The van der Waals surface area contributed by atoms with Crippen LogP contribution in [0.2, 0.25) is 5.02 Å². The van der Waals surface area contributed by atoms with Gasteiger partial charge in [-0.1, -0.05) is 17.7 Å². The van der Waals surface area contributed by atoms with E-state index in [1.54, 1.807) is 18.2 Å². The fourth-order valence-electron chi connectivity index (χ4n) is 2.20. The maximum absolute atomic E-state index is 13.2. The summed E-state index contributed by atoms with van der Waals surface area (Å²) in [6.07, 6.45) is -3.81. The van der Waals surface area contributed by atoms with Crippen molar-refractivity contribution in [1.29, 1.82) is 0 Å². The standard InChI is InChI=1S/C17H21ClF3N5/c1-11-5-6-12(18)9-13(11)23-15-10-14(17(19,20)21)24-16(25-15)22-7-4-8-26(2)3/h5-6,9-10H,4,7-8H2,1-3H3,(H2,22,23,24,25). The fourth-order valence-corrected chi connectivity index (χ4v) is 2.37. The molecule has 0 fully saturated rings. The van der Waals surface area contributed by atoms with Gasteiger partial charge in [0.05, 0.1) is 0 Å². The lowest BCUT2D eigenvalue weighted by atomic mass is 10.2. The van der Waals surface area contributed by atoms with E-state index in [2.05, 4.69) is 20.6 Å². The largest absolute Gasteiger partial charge is 0.433 e. The van der Waals surface area contributed by atoms with E-state index in [4.69, 9.17) is 11.6 Å². The number of nitrogens with zero attached hydrogens (tertiary/aromatic N) is 3. The molecule has 26 heavy (non-hydrogen) atoms. The number of hydrogen-bond acceptors (Lipinski definition) is 5. The molecule has 142 valence electrons. The minimum atomic E-state index is -4.57. The van der Waals surface area contributed by atoms with Crippen LogP contribution in [-0.4, -0.2) is 42.1 Å². The molecule has 5 nitrogen and oxygen atoms in total. The Labute approximate surface area is 155 Å². The van der Waals surface area contributed by atoms with Crippen molar-refractivity contribution in [3.8, 4) is 0 Å². The molecule has 0 radical (unpaired) electrons. The molecular formula is C17H21ClF3N5. The summed E-state index contributed by atoms with van der Waals surface area (Å²) in [5, 5.41) is 6.22. The number of hydrogen-bond donors (Lipinski definition) is 2. The Morgan fingerprint density at radius 2 is 1.88 bits per heavy atom. The number of rotatable bonds is 7. The predicted molar refractivity (Wildman–Crippen MR) is 98.2 cm³/mol. The number of nitrogens with one attached hydrogen (secondary N) is 2. The van der Waals surface area contributed by atoms with Crippen LogP contribution in [0.4, 0.5) is 30.6 Å². The second-order valence-corrected chi connectivity index (χ2v) is 6.56. The van der Waals surface area contributed by atoms with Crippen LogP contribution in [0, 0.1) is 6.92 Å². The third-order valence-electron chi connectivity index (χ3n) is 3.54. The van der Waals surface area contributed by atoms with Crippen LogP contribution in [0.3, 0.4) is 0 Å². The molecule has 0 bridgehead atoms. The van der Waals surface area contributed by atoms with E-state index < -0.39 is 11.9 Å². The van der Waals surface area contributed by atoms with E-state index in [1.807, 2.05) is 25.9 Å². The molecule has 2 N–H and O–H groups in total. The molecule has 0 unspecified atom stereocenters. The van der Waals surface area contributed by atoms with Crippen LogP contribution in [0.15, 0.2) is 24.3 Å². The van der Waals surface area contributed by atoms with Gasteiger partial charge in [-0.15, -0.1) is 0 Å². The van der Waals surface area contributed by atoms with E-state index in [9.17, 15) is 13.2 Å². The van der Waals surface area contributed by atoms with Crippen molar-refractivity contribution in [3.05, 3.63) is 40.5 Å². The Hall–Kier alpha value is -2.06. The van der Waals surface area contributed by atoms with Crippen LogP contribution in [-0.2, 0) is 6.18 Å². The quantitative estimate of drug-likeness (QED) is 0.682. The van der Waals surface area contributed by atoms with Gasteiger partial charge in [-0.2, -0.15) is 18.2 Å². The van der Waals surface area contributed by atoms with Crippen LogP contribution in [0.5, 0.6) is 0 Å². The highest BCUT2D eigenvalue weighted by Gasteiger charge is 2.33. The highest BCUT2D eigenvalue weighted by atomic mass is 35.5. The molecule has 0 aliphatic rings. The van der Waals surface area contributed by atoms with E-state index in [-0.39, 0.29) is 11.8 Å². The lowest BCUT2D eigenvalue weighted by Crippen LogP contribution is -2.18. The Morgan fingerprint density at radius 3 is 2.54 bits per heavy atom. The first-order chi connectivity index (χ1) is 12.1. The van der Waals surface area contributed by atoms with Gasteiger partial charge in [0.25, 0.3) is 0 Å². The van der Waals surface area contributed by atoms with Crippen molar-refractivity contribution in [1.82, 2.24) is 14.9 Å². The zero-order valence-corrected chi connectivity index (χ0v) is 15.5. The number of anilines is 3. The van der Waals surface area contributed by atoms with Crippen molar-refractivity contribution in [3.63, 3.8) is 0 Å². The molecular weight excluding hydrogens is 367 g/mol. The molecule has 9 heteroatoms. The van der Waals surface area contributed by atoms with Crippen molar-refractivity contribution >= 4 is 29.1 Å². The number of aryl methyl sites for hydroxylation is 1. The number of alkyl halides is 3. The third-order valence-corrected chi connectivity index (χ3v) is 3.78. The molecule has 2 aromatic rings. The monoisotopic (exact) mass is 387 g/mol. The van der Waals surface area contributed by atoms with Gasteiger partial charge in [0.15, 0.2) is 5.69 Å². The third kappa shape index (κ3) is 6.03. The summed E-state index contributed by atoms with van der Waals surface area (Å²) in [5.74, 6) is -0.0198. The Morgan fingerprint density at radius 1 is 1.15 bits per heavy atom. The molecule has 0 amide bonds. The topological polar surface area (TPSA) is 53.1 Å². The lowest BCUT2D eigenvalue weighted by molar-refractivity contribution is -0.141. The smallest absolute Gasteiger partial charge is 0.354 e. The predicted octanol–water partition coefficient (Wildman–Crippen LogP) is 4.56. The summed E-state index contributed by atoms with van der Waals surface area (Å²) >= 11 is 5.96. The minimum absolute atomic E-state index is 0.0489. The average Bonchev–Trinajstić information content (AvgIpc) is 2.54. The number of halogens is 4. The van der Waals surface area contributed by atoms with Crippen LogP contribution in [0.25, 0.3) is 0 Å². The molecule has 1 aromatic heterocycles. The number of benzene rings is 1. The van der Waals surface area contributed by atoms with Gasteiger partial charge in [0.2, 0.25) is 5.95 Å². The van der Waals surface area contributed by atoms with Gasteiger partial charge >= 0.3 is 6.18 Å². The SMILES string of the molecule is Cc1ccc(Cl)cc1Nc1cc(C(F)(F)F)nc(NCCCN(C)C)n1. The normalized spacial score (nSPS) is 11.7. The summed E-state index contributed by atoms with van der Waals surface area (Å²) in [4.78, 5) is 9.71. The minimum Gasteiger partial charge on any atom is -0.354 e. The number of aromatic nitrogens is 2. The summed E-state index contributed by atoms with van der Waals surface area (Å²) < 4.78 is 39.5. The molecule has 0 saturated heterocycles. The van der Waals surface area contributed by atoms with Crippen LogP contribution in [0.1, 0.15) is 17.7 Å². The van der Waals surface area contributed by atoms with E-state index in [0.29, 0.717) is 17.3 Å². The molecule has 0 atom stereocenters. The van der Waals surface area contributed by atoms with Gasteiger partial charge < -0.3 is 15.5 Å². The molecule has 1 aromatic carbocycles. The maximum Gasteiger partial charge on any atom is 0.433 e. The first kappa shape index (κ1) is 20.3. The fraction of sp³-hybridized carbons (Fsp3) is 0.412. The van der Waals surface area contributed by atoms with Gasteiger partial charge in [-0.05, 0) is 51.7 Å². The molecule has 0 spiro atoms. The Bertz CT molecular complexity index is 750. The van der Waals surface area contributed by atoms with Crippen molar-refractivity contribution in [2.75, 3.05) is 37.8 Å². The Balaban J connectivity index is 2.24. The van der Waals surface area contributed by atoms with Gasteiger partial charge in [0, 0.05) is 23.3 Å². The summed E-state index contributed by atoms with van der Waals surface area (Å²) in [7, 11) is 3.85. The Kier molecular flexibility index (Phi) is 6.66. The molecule has 0 saturated carbocycles. The van der Waals surface area contributed by atoms with Crippen LogP contribution < -0.4 is 10.6 Å². The van der Waals surface area contributed by atoms with Crippen molar-refractivity contribution in [2.24, 2.45) is 0 Å². The molecule has 2 rings (SSSR count). The first-order valence-electron chi connectivity index (χ1n) is 8.03. The zero-order chi connectivity index (χ0) is 19.3. The highest BCUT2D eigenvalue weighted by molar-refractivity contribution is 6.30. The van der Waals surface area contributed by atoms with Gasteiger partial charge in [-0.3, -0.25) is 0 Å². The van der Waals surface area contributed by atoms with Gasteiger partial charge in [-0.25, -0.2) is 4.98 Å². The van der Waals surface area contributed by atoms with E-state index in [1.165, 1.54) is 0 Å². The first-order valence-corrected chi connectivity index (χ1v) is 8.41. The molecule has 1 heterocycles. The molecule has 0 aliphatic carbocycles. The average molecular weight is 388 g/mol. The van der Waals surface area contributed by atoms with Crippen molar-refractivity contribution in [2.45, 2.75) is 19.5 Å². The summed E-state index contributed by atoms with van der Waals surface area (Å²) in [5.41, 5.74) is 0.412. The van der Waals surface area contributed by atoms with Crippen molar-refractivity contribution < 1.29 is 13.2 Å². The summed E-state index contributed by atoms with van der Waals surface area (Å²) in [6, 6.07) is 6.00. The lowest BCUT2D eigenvalue weighted by Gasteiger charge is -2.14. The zero-order valence-electron chi connectivity index (χ0n) is 14.8.